The van der Waals surface area contributed by atoms with Crippen LogP contribution in [-0.4, -0.2) is 5.91 Å². The maximum Gasteiger partial charge on any atom is 0.228 e. The van der Waals surface area contributed by atoms with Crippen LogP contribution in [0.3, 0.4) is 0 Å². The second-order valence-corrected chi connectivity index (χ2v) is 5.65. The van der Waals surface area contributed by atoms with E-state index in [1.807, 2.05) is 85.8 Å². The molecule has 3 aromatic carbocycles. The Labute approximate surface area is 141 Å². The van der Waals surface area contributed by atoms with Gasteiger partial charge in [-0.05, 0) is 48.9 Å². The Balaban J connectivity index is 1.57. The number of hydrogen-bond acceptors (Lipinski definition) is 2. The number of anilines is 1. The van der Waals surface area contributed by atoms with Crippen LogP contribution in [0.25, 0.3) is 0 Å². The number of benzene rings is 3. The molecule has 120 valence electrons. The van der Waals surface area contributed by atoms with Crippen molar-refractivity contribution in [1.82, 2.24) is 0 Å². The number of nitrogens with one attached hydrogen (secondary N) is 1. The predicted octanol–water partition coefficient (Wildman–Crippen LogP) is 4.97. The lowest BCUT2D eigenvalue weighted by Gasteiger charge is -2.08. The number of para-hydroxylation sites is 1. The number of carbonyl (C=O) groups excluding carboxylic acids is 1. The molecular weight excluding hydrogens is 298 g/mol. The normalized spacial score (nSPS) is 10.2. The van der Waals surface area contributed by atoms with Crippen molar-refractivity contribution in [2.75, 3.05) is 5.32 Å². The monoisotopic (exact) mass is 317 g/mol. The number of ether oxygens (including phenoxy) is 1. The molecule has 1 amide bonds. The Bertz CT molecular complexity index is 794. The van der Waals surface area contributed by atoms with Crippen molar-refractivity contribution in [3.63, 3.8) is 0 Å². The van der Waals surface area contributed by atoms with Gasteiger partial charge in [0.2, 0.25) is 5.91 Å². The zero-order valence-electron chi connectivity index (χ0n) is 13.5. The molecular formula is C21H19NO2. The van der Waals surface area contributed by atoms with Crippen molar-refractivity contribution >= 4 is 11.6 Å². The molecule has 3 heteroatoms. The molecule has 0 aliphatic rings. The standard InChI is InChI=1S/C21H19NO2/c1-16-7-9-17(10-8-16)15-21(23)22-18-11-13-20(14-12-18)24-19-5-3-2-4-6-19/h2-14H,15H2,1H3,(H,22,23). The van der Waals surface area contributed by atoms with Crippen LogP contribution in [0, 0.1) is 6.92 Å². The average molecular weight is 317 g/mol. The van der Waals surface area contributed by atoms with Crippen LogP contribution in [0.2, 0.25) is 0 Å². The summed E-state index contributed by atoms with van der Waals surface area (Å²) in [7, 11) is 0. The van der Waals surface area contributed by atoms with Crippen LogP contribution in [0.15, 0.2) is 78.9 Å². The fourth-order valence-electron chi connectivity index (χ4n) is 2.33. The van der Waals surface area contributed by atoms with Crippen molar-refractivity contribution in [2.24, 2.45) is 0 Å². The van der Waals surface area contributed by atoms with Crippen LogP contribution in [0.1, 0.15) is 11.1 Å². The van der Waals surface area contributed by atoms with Gasteiger partial charge in [0.25, 0.3) is 0 Å². The summed E-state index contributed by atoms with van der Waals surface area (Å²) in [5, 5.41) is 2.90. The molecule has 0 radical (unpaired) electrons. The smallest absolute Gasteiger partial charge is 0.228 e. The topological polar surface area (TPSA) is 38.3 Å². The summed E-state index contributed by atoms with van der Waals surface area (Å²) in [5.41, 5.74) is 2.95. The summed E-state index contributed by atoms with van der Waals surface area (Å²) in [6, 6.07) is 24.9. The Hall–Kier alpha value is -3.07. The third-order valence-electron chi connectivity index (χ3n) is 3.60. The van der Waals surface area contributed by atoms with Gasteiger partial charge < -0.3 is 10.1 Å². The van der Waals surface area contributed by atoms with Crippen LogP contribution in [-0.2, 0) is 11.2 Å². The minimum absolute atomic E-state index is 0.0319. The Morgan fingerprint density at radius 1 is 0.833 bits per heavy atom. The van der Waals surface area contributed by atoms with Crippen LogP contribution < -0.4 is 10.1 Å². The first-order chi connectivity index (χ1) is 11.7. The average Bonchev–Trinajstić information content (AvgIpc) is 2.60. The lowest BCUT2D eigenvalue weighted by molar-refractivity contribution is -0.115. The van der Waals surface area contributed by atoms with Crippen LogP contribution >= 0.6 is 0 Å². The molecule has 0 fully saturated rings. The number of carbonyl (C=O) groups is 1. The quantitative estimate of drug-likeness (QED) is 0.721. The highest BCUT2D eigenvalue weighted by Gasteiger charge is 2.04. The van der Waals surface area contributed by atoms with Gasteiger partial charge in [-0.1, -0.05) is 48.0 Å². The summed E-state index contributed by atoms with van der Waals surface area (Å²) in [5.74, 6) is 1.49. The van der Waals surface area contributed by atoms with Gasteiger partial charge in [0.1, 0.15) is 11.5 Å². The van der Waals surface area contributed by atoms with E-state index in [1.165, 1.54) is 5.56 Å². The first kappa shape index (κ1) is 15.8. The number of aryl methyl sites for hydroxylation is 1. The van der Waals surface area contributed by atoms with E-state index >= 15 is 0 Å². The van der Waals surface area contributed by atoms with E-state index in [-0.39, 0.29) is 5.91 Å². The maximum absolute atomic E-state index is 12.1. The molecule has 1 N–H and O–H groups in total. The molecule has 3 rings (SSSR count). The van der Waals surface area contributed by atoms with Crippen LogP contribution in [0.5, 0.6) is 11.5 Å². The van der Waals surface area contributed by atoms with Crippen molar-refractivity contribution in [3.05, 3.63) is 90.0 Å². The molecule has 24 heavy (non-hydrogen) atoms. The van der Waals surface area contributed by atoms with E-state index in [9.17, 15) is 4.79 Å². The summed E-state index contributed by atoms with van der Waals surface area (Å²) in [6.07, 6.45) is 0.364. The minimum Gasteiger partial charge on any atom is -0.457 e. The molecule has 3 aromatic rings. The SMILES string of the molecule is Cc1ccc(CC(=O)Nc2ccc(Oc3ccccc3)cc2)cc1. The Morgan fingerprint density at radius 3 is 2.12 bits per heavy atom. The predicted molar refractivity (Wildman–Crippen MR) is 96.5 cm³/mol. The Kier molecular flexibility index (Phi) is 4.92. The third-order valence-corrected chi connectivity index (χ3v) is 3.60. The van der Waals surface area contributed by atoms with Gasteiger partial charge in [-0.15, -0.1) is 0 Å². The van der Waals surface area contributed by atoms with E-state index < -0.39 is 0 Å². The molecule has 0 spiro atoms. The van der Waals surface area contributed by atoms with Gasteiger partial charge in [-0.2, -0.15) is 0 Å². The van der Waals surface area contributed by atoms with Gasteiger partial charge in [0.15, 0.2) is 0 Å². The van der Waals surface area contributed by atoms with Gasteiger partial charge >= 0.3 is 0 Å². The molecule has 3 nitrogen and oxygen atoms in total. The summed E-state index contributed by atoms with van der Waals surface area (Å²) in [4.78, 5) is 12.1. The minimum atomic E-state index is -0.0319. The lowest BCUT2D eigenvalue weighted by Crippen LogP contribution is -2.14. The molecule has 0 saturated heterocycles. The molecule has 0 aromatic heterocycles. The highest BCUT2D eigenvalue weighted by molar-refractivity contribution is 5.92. The molecule has 0 heterocycles. The number of rotatable bonds is 5. The fourth-order valence-corrected chi connectivity index (χ4v) is 2.33. The number of amides is 1. The van der Waals surface area contributed by atoms with Gasteiger partial charge in [-0.3, -0.25) is 4.79 Å². The van der Waals surface area contributed by atoms with E-state index in [4.69, 9.17) is 4.74 Å². The second kappa shape index (κ2) is 7.47. The zero-order chi connectivity index (χ0) is 16.8. The molecule has 0 aliphatic carbocycles. The van der Waals surface area contributed by atoms with Crippen molar-refractivity contribution in [2.45, 2.75) is 13.3 Å². The first-order valence-electron chi connectivity index (χ1n) is 7.87. The lowest BCUT2D eigenvalue weighted by atomic mass is 10.1. The second-order valence-electron chi connectivity index (χ2n) is 5.65. The largest absolute Gasteiger partial charge is 0.457 e. The van der Waals surface area contributed by atoms with Crippen LogP contribution in [0.4, 0.5) is 5.69 Å². The van der Waals surface area contributed by atoms with Crippen molar-refractivity contribution in [3.8, 4) is 11.5 Å². The van der Waals surface area contributed by atoms with E-state index in [1.54, 1.807) is 0 Å². The van der Waals surface area contributed by atoms with E-state index in [0.29, 0.717) is 6.42 Å². The van der Waals surface area contributed by atoms with Crippen molar-refractivity contribution in [1.29, 1.82) is 0 Å². The highest BCUT2D eigenvalue weighted by Crippen LogP contribution is 2.22. The van der Waals surface area contributed by atoms with Gasteiger partial charge in [-0.25, -0.2) is 0 Å². The highest BCUT2D eigenvalue weighted by atomic mass is 16.5. The molecule has 0 aliphatic heterocycles. The summed E-state index contributed by atoms with van der Waals surface area (Å²) >= 11 is 0. The molecule has 0 atom stereocenters. The summed E-state index contributed by atoms with van der Waals surface area (Å²) in [6.45, 7) is 2.03. The van der Waals surface area contributed by atoms with Gasteiger partial charge in [0.05, 0.1) is 6.42 Å². The van der Waals surface area contributed by atoms with E-state index in [0.717, 1.165) is 22.7 Å². The van der Waals surface area contributed by atoms with Gasteiger partial charge in [0, 0.05) is 5.69 Å². The zero-order valence-corrected chi connectivity index (χ0v) is 13.5. The molecule has 0 unspecified atom stereocenters. The van der Waals surface area contributed by atoms with Crippen molar-refractivity contribution < 1.29 is 9.53 Å². The fraction of sp³-hybridized carbons (Fsp3) is 0.0952. The molecule has 0 saturated carbocycles. The number of hydrogen-bond donors (Lipinski definition) is 1. The summed E-state index contributed by atoms with van der Waals surface area (Å²) < 4.78 is 5.73. The van der Waals surface area contributed by atoms with E-state index in [2.05, 4.69) is 5.32 Å². The Morgan fingerprint density at radius 2 is 1.46 bits per heavy atom. The maximum atomic E-state index is 12.1. The first-order valence-corrected chi connectivity index (χ1v) is 7.87. The molecule has 0 bridgehead atoms. The third kappa shape index (κ3) is 4.46.